The average Bonchev–Trinajstić information content (AvgIpc) is 2.41. The zero-order valence-corrected chi connectivity index (χ0v) is 14.2. The number of unbranched alkanes of at least 4 members (excludes halogenated alkanes) is 1. The van der Waals surface area contributed by atoms with Crippen LogP contribution < -0.4 is 0 Å². The molecular weight excluding hydrogens is 304 g/mol. The summed E-state index contributed by atoms with van der Waals surface area (Å²) in [6.45, 7) is 8.07. The van der Waals surface area contributed by atoms with E-state index in [0.29, 0.717) is 0 Å². The molecule has 0 aliphatic heterocycles. The molecule has 0 bridgehead atoms. The van der Waals surface area contributed by atoms with Crippen LogP contribution in [0.3, 0.4) is 0 Å². The van der Waals surface area contributed by atoms with Crippen LogP contribution in [-0.4, -0.2) is 23.1 Å². The van der Waals surface area contributed by atoms with Crippen LogP contribution in [0.15, 0.2) is 18.2 Å². The fraction of sp³-hybridized carbons (Fsp3) is 0.529. The summed E-state index contributed by atoms with van der Waals surface area (Å²) in [5, 5.41) is 9.48. The summed E-state index contributed by atoms with van der Waals surface area (Å²) in [6, 6.07) is 4.15. The molecule has 122 valence electrons. The Morgan fingerprint density at radius 3 is 2.41 bits per heavy atom. The Balaban J connectivity index is 3.02. The minimum absolute atomic E-state index is 0.0302. The number of esters is 1. The number of rotatable bonds is 6. The van der Waals surface area contributed by atoms with E-state index in [1.54, 1.807) is 0 Å². The molecule has 0 spiro atoms. The first kappa shape index (κ1) is 18.5. The van der Waals surface area contributed by atoms with Crippen LogP contribution in [0.25, 0.3) is 0 Å². The predicted octanol–water partition coefficient (Wildman–Crippen LogP) is 4.80. The average molecular weight is 327 g/mol. The summed E-state index contributed by atoms with van der Waals surface area (Å²) in [6.07, 6.45) is 2.44. The van der Waals surface area contributed by atoms with Crippen molar-refractivity contribution in [1.29, 1.82) is 0 Å². The molecule has 1 aromatic rings. The third-order valence-corrected chi connectivity index (χ3v) is 3.70. The van der Waals surface area contributed by atoms with Crippen molar-refractivity contribution in [3.63, 3.8) is 0 Å². The second-order valence-corrected chi connectivity index (χ2v) is 6.83. The van der Waals surface area contributed by atoms with Crippen molar-refractivity contribution in [2.45, 2.75) is 53.1 Å². The molecule has 0 aliphatic carbocycles. The molecule has 4 nitrogen and oxygen atoms in total. The van der Waals surface area contributed by atoms with Crippen LogP contribution in [-0.2, 0) is 4.74 Å². The summed E-state index contributed by atoms with van der Waals surface area (Å²) < 4.78 is 5.59. The second kappa shape index (κ2) is 7.63. The van der Waals surface area contributed by atoms with Crippen LogP contribution >= 0.6 is 11.6 Å². The Labute approximate surface area is 136 Å². The molecule has 1 rings (SSSR count). The number of ether oxygens (including phenoxy) is 1. The van der Waals surface area contributed by atoms with Crippen molar-refractivity contribution in [2.24, 2.45) is 5.41 Å². The molecule has 0 radical (unpaired) electrons. The van der Waals surface area contributed by atoms with Gasteiger partial charge in [-0.3, -0.25) is 0 Å². The minimum Gasteiger partial charge on any atom is -0.478 e. The van der Waals surface area contributed by atoms with Crippen molar-refractivity contribution >= 4 is 23.5 Å². The molecule has 0 heterocycles. The number of carboxylic acid groups (broad SMARTS) is 1. The zero-order valence-electron chi connectivity index (χ0n) is 13.5. The van der Waals surface area contributed by atoms with Gasteiger partial charge in [-0.2, -0.15) is 0 Å². The lowest BCUT2D eigenvalue weighted by atomic mass is 9.86. The van der Waals surface area contributed by atoms with Gasteiger partial charge >= 0.3 is 11.9 Å². The van der Waals surface area contributed by atoms with Crippen molar-refractivity contribution in [3.05, 3.63) is 34.3 Å². The second-order valence-electron chi connectivity index (χ2n) is 6.40. The van der Waals surface area contributed by atoms with Crippen LogP contribution in [0.4, 0.5) is 0 Å². The molecule has 1 unspecified atom stereocenters. The predicted molar refractivity (Wildman–Crippen MR) is 86.6 cm³/mol. The minimum atomic E-state index is -1.20. The third-order valence-electron chi connectivity index (χ3n) is 3.47. The van der Waals surface area contributed by atoms with Gasteiger partial charge in [0, 0.05) is 5.02 Å². The summed E-state index contributed by atoms with van der Waals surface area (Å²) in [5.41, 5.74) is -0.316. The molecule has 0 saturated carbocycles. The SMILES string of the molecule is CCCCC(OC(=O)c1ccc(Cl)cc1C(=O)O)C(C)(C)C. The van der Waals surface area contributed by atoms with E-state index in [2.05, 4.69) is 6.92 Å². The summed E-state index contributed by atoms with van der Waals surface area (Å²) in [7, 11) is 0. The molecule has 1 N–H and O–H groups in total. The first-order valence-electron chi connectivity index (χ1n) is 7.40. The van der Waals surface area contributed by atoms with E-state index in [1.165, 1.54) is 18.2 Å². The molecule has 0 fully saturated rings. The van der Waals surface area contributed by atoms with E-state index < -0.39 is 11.9 Å². The van der Waals surface area contributed by atoms with Gasteiger partial charge in [0.15, 0.2) is 0 Å². The van der Waals surface area contributed by atoms with Gasteiger partial charge in [0.2, 0.25) is 0 Å². The van der Waals surface area contributed by atoms with Gasteiger partial charge in [-0.15, -0.1) is 0 Å². The molecule has 0 amide bonds. The van der Waals surface area contributed by atoms with E-state index in [-0.39, 0.29) is 27.7 Å². The highest BCUT2D eigenvalue weighted by atomic mass is 35.5. The number of hydrogen-bond acceptors (Lipinski definition) is 3. The number of carboxylic acids is 1. The Bertz CT molecular complexity index is 546. The van der Waals surface area contributed by atoms with E-state index in [1.807, 2.05) is 20.8 Å². The number of benzene rings is 1. The van der Waals surface area contributed by atoms with Crippen molar-refractivity contribution < 1.29 is 19.4 Å². The highest BCUT2D eigenvalue weighted by Crippen LogP contribution is 2.28. The van der Waals surface area contributed by atoms with E-state index >= 15 is 0 Å². The molecule has 5 heteroatoms. The normalized spacial score (nSPS) is 12.8. The molecule has 0 aromatic heterocycles. The fourth-order valence-corrected chi connectivity index (χ4v) is 2.29. The van der Waals surface area contributed by atoms with Gasteiger partial charge in [-0.05, 0) is 30.0 Å². The molecule has 1 aromatic carbocycles. The smallest absolute Gasteiger partial charge is 0.339 e. The van der Waals surface area contributed by atoms with Crippen LogP contribution in [0.5, 0.6) is 0 Å². The Morgan fingerprint density at radius 2 is 1.91 bits per heavy atom. The fourth-order valence-electron chi connectivity index (χ4n) is 2.12. The van der Waals surface area contributed by atoms with E-state index in [4.69, 9.17) is 16.3 Å². The molecule has 22 heavy (non-hydrogen) atoms. The third kappa shape index (κ3) is 5.02. The molecular formula is C17H23ClO4. The molecule has 0 aliphatic rings. The summed E-state index contributed by atoms with van der Waals surface area (Å²) in [5.74, 6) is -1.82. The number of aromatic carboxylic acids is 1. The molecule has 0 saturated heterocycles. The highest BCUT2D eigenvalue weighted by Gasteiger charge is 2.29. The van der Waals surface area contributed by atoms with Gasteiger partial charge in [-0.25, -0.2) is 9.59 Å². The Hall–Kier alpha value is -1.55. The van der Waals surface area contributed by atoms with Gasteiger partial charge in [0.25, 0.3) is 0 Å². The lowest BCUT2D eigenvalue weighted by molar-refractivity contribution is -0.00696. The quantitative estimate of drug-likeness (QED) is 0.763. The summed E-state index contributed by atoms with van der Waals surface area (Å²) >= 11 is 5.80. The van der Waals surface area contributed by atoms with Gasteiger partial charge in [0.1, 0.15) is 6.10 Å². The van der Waals surface area contributed by atoms with Crippen molar-refractivity contribution in [1.82, 2.24) is 0 Å². The van der Waals surface area contributed by atoms with Crippen LogP contribution in [0, 0.1) is 5.41 Å². The first-order valence-corrected chi connectivity index (χ1v) is 7.78. The number of halogens is 1. The Morgan fingerprint density at radius 1 is 1.27 bits per heavy atom. The number of carbonyl (C=O) groups is 2. The zero-order chi connectivity index (χ0) is 16.9. The number of carbonyl (C=O) groups excluding carboxylic acids is 1. The maximum Gasteiger partial charge on any atom is 0.339 e. The lowest BCUT2D eigenvalue weighted by Crippen LogP contribution is -2.32. The van der Waals surface area contributed by atoms with Crippen molar-refractivity contribution in [2.75, 3.05) is 0 Å². The maximum absolute atomic E-state index is 12.4. The lowest BCUT2D eigenvalue weighted by Gasteiger charge is -2.30. The van der Waals surface area contributed by atoms with E-state index in [0.717, 1.165) is 19.3 Å². The summed E-state index contributed by atoms with van der Waals surface area (Å²) in [4.78, 5) is 23.6. The monoisotopic (exact) mass is 326 g/mol. The van der Waals surface area contributed by atoms with Gasteiger partial charge < -0.3 is 9.84 Å². The van der Waals surface area contributed by atoms with Crippen molar-refractivity contribution in [3.8, 4) is 0 Å². The van der Waals surface area contributed by atoms with Gasteiger partial charge in [0.05, 0.1) is 11.1 Å². The van der Waals surface area contributed by atoms with Crippen LogP contribution in [0.2, 0.25) is 5.02 Å². The van der Waals surface area contributed by atoms with Crippen LogP contribution in [0.1, 0.15) is 67.7 Å². The highest BCUT2D eigenvalue weighted by molar-refractivity contribution is 6.31. The largest absolute Gasteiger partial charge is 0.478 e. The Kier molecular flexibility index (Phi) is 6.42. The standard InChI is InChI=1S/C17H23ClO4/c1-5-6-7-14(17(2,3)4)22-16(21)12-9-8-11(18)10-13(12)15(19)20/h8-10,14H,5-7H2,1-4H3,(H,19,20). The molecule has 1 atom stereocenters. The first-order chi connectivity index (χ1) is 10.2. The number of hydrogen-bond donors (Lipinski definition) is 1. The maximum atomic E-state index is 12.4. The van der Waals surface area contributed by atoms with E-state index in [9.17, 15) is 14.7 Å². The van der Waals surface area contributed by atoms with Gasteiger partial charge in [-0.1, -0.05) is 52.1 Å². The topological polar surface area (TPSA) is 63.6 Å².